The van der Waals surface area contributed by atoms with Crippen molar-refractivity contribution in [1.82, 2.24) is 10.6 Å². The maximum absolute atomic E-state index is 3.67. The van der Waals surface area contributed by atoms with E-state index in [1.54, 1.807) is 0 Å². The van der Waals surface area contributed by atoms with E-state index in [2.05, 4.69) is 42.7 Å². The van der Waals surface area contributed by atoms with E-state index in [0.717, 1.165) is 25.6 Å². The van der Waals surface area contributed by atoms with Crippen LogP contribution in [0.3, 0.4) is 0 Å². The van der Waals surface area contributed by atoms with Crippen LogP contribution in [0.5, 0.6) is 0 Å². The van der Waals surface area contributed by atoms with E-state index in [1.807, 2.05) is 0 Å². The van der Waals surface area contributed by atoms with Crippen molar-refractivity contribution in [3.63, 3.8) is 0 Å². The molecule has 2 nitrogen and oxygen atoms in total. The quantitative estimate of drug-likeness (QED) is 0.848. The molecule has 1 aromatic carbocycles. The average Bonchev–Trinajstić information content (AvgIpc) is 3.20. The van der Waals surface area contributed by atoms with E-state index in [0.29, 0.717) is 5.41 Å². The molecule has 2 aliphatic rings. The molecule has 1 aromatic rings. The van der Waals surface area contributed by atoms with Crippen LogP contribution >= 0.6 is 0 Å². The highest BCUT2D eigenvalue weighted by molar-refractivity contribution is 5.33. The van der Waals surface area contributed by atoms with E-state index in [4.69, 9.17) is 0 Å². The van der Waals surface area contributed by atoms with E-state index in [1.165, 1.54) is 42.5 Å². The van der Waals surface area contributed by atoms with Crippen LogP contribution in [0, 0.1) is 11.3 Å². The molecule has 1 fully saturated rings. The number of rotatable bonds is 5. The molecule has 2 heteroatoms. The lowest BCUT2D eigenvalue weighted by Crippen LogP contribution is -2.27. The van der Waals surface area contributed by atoms with Crippen LogP contribution < -0.4 is 10.6 Å². The van der Waals surface area contributed by atoms with Gasteiger partial charge in [-0.15, -0.1) is 0 Å². The lowest BCUT2D eigenvalue weighted by atomic mass is 9.92. The normalized spacial score (nSPS) is 20.4. The average molecular weight is 258 g/mol. The Labute approximate surface area is 117 Å². The second-order valence-corrected chi connectivity index (χ2v) is 6.65. The van der Waals surface area contributed by atoms with Crippen LogP contribution in [-0.4, -0.2) is 13.1 Å². The summed E-state index contributed by atoms with van der Waals surface area (Å²) in [7, 11) is 0. The first-order chi connectivity index (χ1) is 9.20. The van der Waals surface area contributed by atoms with E-state index in [-0.39, 0.29) is 0 Å². The summed E-state index contributed by atoms with van der Waals surface area (Å²) < 4.78 is 0. The van der Waals surface area contributed by atoms with Crippen molar-refractivity contribution in [2.45, 2.75) is 46.2 Å². The zero-order chi connectivity index (χ0) is 13.3. The Bertz CT molecular complexity index is 447. The molecule has 1 aliphatic heterocycles. The van der Waals surface area contributed by atoms with Crippen LogP contribution in [0.2, 0.25) is 0 Å². The number of fused-ring (bicyclic) bond motifs is 1. The second-order valence-electron chi connectivity index (χ2n) is 6.65. The molecule has 1 heterocycles. The molecule has 0 amide bonds. The molecule has 2 N–H and O–H groups in total. The highest BCUT2D eigenvalue weighted by Gasteiger charge is 2.44. The summed E-state index contributed by atoms with van der Waals surface area (Å²) in [6, 6.07) is 7.00. The van der Waals surface area contributed by atoms with Crippen molar-refractivity contribution in [3.8, 4) is 0 Å². The summed E-state index contributed by atoms with van der Waals surface area (Å²) >= 11 is 0. The van der Waals surface area contributed by atoms with Crippen LogP contribution in [0.1, 0.15) is 43.4 Å². The Hall–Kier alpha value is -0.860. The van der Waals surface area contributed by atoms with Crippen LogP contribution in [-0.2, 0) is 19.5 Å². The first-order valence-electron chi connectivity index (χ1n) is 7.72. The van der Waals surface area contributed by atoms with Crippen molar-refractivity contribution in [3.05, 3.63) is 34.9 Å². The summed E-state index contributed by atoms with van der Waals surface area (Å²) in [4.78, 5) is 0. The summed E-state index contributed by atoms with van der Waals surface area (Å²) in [5.41, 5.74) is 5.07. The third kappa shape index (κ3) is 2.85. The fraction of sp³-hybridized carbons (Fsp3) is 0.647. The molecule has 1 aliphatic carbocycles. The van der Waals surface area contributed by atoms with E-state index < -0.39 is 0 Å². The van der Waals surface area contributed by atoms with Gasteiger partial charge in [0.05, 0.1) is 0 Å². The molecule has 0 unspecified atom stereocenters. The summed E-state index contributed by atoms with van der Waals surface area (Å²) in [5, 5.41) is 7.13. The first-order valence-corrected chi connectivity index (χ1v) is 7.72. The Kier molecular flexibility index (Phi) is 3.64. The Morgan fingerprint density at radius 3 is 2.84 bits per heavy atom. The third-order valence-electron chi connectivity index (χ3n) is 5.08. The third-order valence-corrected chi connectivity index (χ3v) is 5.08. The maximum atomic E-state index is 3.67. The van der Waals surface area contributed by atoms with Crippen LogP contribution in [0.15, 0.2) is 18.2 Å². The Balaban J connectivity index is 1.56. The molecule has 0 saturated heterocycles. The van der Waals surface area contributed by atoms with Gasteiger partial charge >= 0.3 is 0 Å². The molecule has 0 spiro atoms. The summed E-state index contributed by atoms with van der Waals surface area (Å²) in [6.45, 7) is 9.08. The number of hydrogen-bond acceptors (Lipinski definition) is 2. The minimum Gasteiger partial charge on any atom is -0.312 e. The molecule has 0 atom stereocenters. The lowest BCUT2D eigenvalue weighted by molar-refractivity contribution is 0.338. The molecule has 3 rings (SSSR count). The van der Waals surface area contributed by atoms with E-state index >= 15 is 0 Å². The predicted molar refractivity (Wildman–Crippen MR) is 80.1 cm³/mol. The second kappa shape index (κ2) is 5.26. The standard InChI is InChI=1S/C17H26N2/c1-13(2)17(6-7-17)12-19-10-14-3-4-15-5-8-18-11-16(15)9-14/h3-4,9,13,18-19H,5-8,10-12H2,1-2H3. The van der Waals surface area contributed by atoms with Gasteiger partial charge in [0.25, 0.3) is 0 Å². The van der Waals surface area contributed by atoms with Crippen molar-refractivity contribution in [2.75, 3.05) is 13.1 Å². The number of benzene rings is 1. The minimum absolute atomic E-state index is 0.607. The fourth-order valence-electron chi connectivity index (χ4n) is 3.22. The maximum Gasteiger partial charge on any atom is 0.0208 e. The Morgan fingerprint density at radius 2 is 2.11 bits per heavy atom. The first kappa shape index (κ1) is 13.1. The summed E-state index contributed by atoms with van der Waals surface area (Å²) in [6.07, 6.45) is 4.00. The van der Waals surface area contributed by atoms with Crippen LogP contribution in [0.4, 0.5) is 0 Å². The molecule has 19 heavy (non-hydrogen) atoms. The number of nitrogens with one attached hydrogen (secondary N) is 2. The van der Waals surface area contributed by atoms with Crippen molar-refractivity contribution >= 4 is 0 Å². The lowest BCUT2D eigenvalue weighted by Gasteiger charge is -2.21. The molecule has 0 aromatic heterocycles. The van der Waals surface area contributed by atoms with Gasteiger partial charge in [-0.3, -0.25) is 0 Å². The molecule has 0 radical (unpaired) electrons. The fourth-order valence-corrected chi connectivity index (χ4v) is 3.22. The van der Waals surface area contributed by atoms with Crippen molar-refractivity contribution < 1.29 is 0 Å². The number of hydrogen-bond donors (Lipinski definition) is 2. The zero-order valence-corrected chi connectivity index (χ0v) is 12.3. The van der Waals surface area contributed by atoms with Gasteiger partial charge in [0.1, 0.15) is 0 Å². The topological polar surface area (TPSA) is 24.1 Å². The summed E-state index contributed by atoms with van der Waals surface area (Å²) in [5.74, 6) is 0.813. The molecule has 104 valence electrons. The SMILES string of the molecule is CC(C)C1(CNCc2ccc3c(c2)CNCC3)CC1. The smallest absolute Gasteiger partial charge is 0.0208 e. The van der Waals surface area contributed by atoms with Gasteiger partial charge in [-0.05, 0) is 53.8 Å². The molecular formula is C17H26N2. The van der Waals surface area contributed by atoms with E-state index in [9.17, 15) is 0 Å². The van der Waals surface area contributed by atoms with Gasteiger partial charge in [0, 0.05) is 19.6 Å². The van der Waals surface area contributed by atoms with Gasteiger partial charge in [-0.1, -0.05) is 32.0 Å². The minimum atomic E-state index is 0.607. The predicted octanol–water partition coefficient (Wildman–Crippen LogP) is 2.86. The largest absolute Gasteiger partial charge is 0.312 e. The van der Waals surface area contributed by atoms with Gasteiger partial charge < -0.3 is 10.6 Å². The highest BCUT2D eigenvalue weighted by atomic mass is 14.9. The van der Waals surface area contributed by atoms with Gasteiger partial charge in [0.15, 0.2) is 0 Å². The van der Waals surface area contributed by atoms with Crippen molar-refractivity contribution in [1.29, 1.82) is 0 Å². The highest BCUT2D eigenvalue weighted by Crippen LogP contribution is 2.51. The van der Waals surface area contributed by atoms with Gasteiger partial charge in [-0.2, -0.15) is 0 Å². The van der Waals surface area contributed by atoms with Crippen LogP contribution in [0.25, 0.3) is 0 Å². The monoisotopic (exact) mass is 258 g/mol. The molecule has 1 saturated carbocycles. The van der Waals surface area contributed by atoms with Gasteiger partial charge in [-0.25, -0.2) is 0 Å². The Morgan fingerprint density at radius 1 is 1.26 bits per heavy atom. The van der Waals surface area contributed by atoms with Gasteiger partial charge in [0.2, 0.25) is 0 Å². The molecule has 0 bridgehead atoms. The molecular weight excluding hydrogens is 232 g/mol. The zero-order valence-electron chi connectivity index (χ0n) is 12.3. The van der Waals surface area contributed by atoms with Crippen molar-refractivity contribution in [2.24, 2.45) is 11.3 Å².